The van der Waals surface area contributed by atoms with Crippen LogP contribution in [0.25, 0.3) is 10.9 Å². The average Bonchev–Trinajstić information content (AvgIpc) is 3.16. The largest absolute Gasteiger partial charge is 0.504 e. The zero-order valence-corrected chi connectivity index (χ0v) is 22.2. The highest BCUT2D eigenvalue weighted by Crippen LogP contribution is 2.36. The second-order valence-corrected chi connectivity index (χ2v) is 10.1. The zero-order chi connectivity index (χ0) is 26.5. The Morgan fingerprint density at radius 2 is 1.84 bits per heavy atom. The number of benzene rings is 2. The van der Waals surface area contributed by atoms with Crippen molar-refractivity contribution in [3.05, 3.63) is 89.5 Å². The van der Waals surface area contributed by atoms with Crippen molar-refractivity contribution in [2.45, 2.75) is 46.0 Å². The first-order valence-electron chi connectivity index (χ1n) is 11.5. The van der Waals surface area contributed by atoms with Crippen LogP contribution in [0, 0.1) is 0 Å². The molecule has 4 rings (SSSR count). The Balaban J connectivity index is 1.31. The number of rotatable bonds is 9. The Morgan fingerprint density at radius 1 is 1.11 bits per heavy atom. The van der Waals surface area contributed by atoms with Crippen LogP contribution in [0.4, 0.5) is 4.79 Å². The first-order chi connectivity index (χ1) is 17.8. The molecule has 2 aromatic heterocycles. The molecule has 0 radical (unpaired) electrons. The van der Waals surface area contributed by atoms with Gasteiger partial charge in [-0.25, -0.2) is 23.1 Å². The van der Waals surface area contributed by atoms with E-state index in [1.807, 2.05) is 31.2 Å². The maximum atomic E-state index is 12.5. The van der Waals surface area contributed by atoms with Crippen LogP contribution in [0.2, 0.25) is 10.0 Å². The maximum Gasteiger partial charge on any atom is 0.407 e. The highest BCUT2D eigenvalue weighted by Gasteiger charge is 2.13. The summed E-state index contributed by atoms with van der Waals surface area (Å²) in [5.41, 5.74) is 1.97. The van der Waals surface area contributed by atoms with Gasteiger partial charge in [0.25, 0.3) is 0 Å². The van der Waals surface area contributed by atoms with E-state index in [1.165, 1.54) is 14.6 Å². The average molecular weight is 563 g/mol. The van der Waals surface area contributed by atoms with Crippen LogP contribution in [0.5, 0.6) is 5.75 Å². The lowest BCUT2D eigenvalue weighted by Gasteiger charge is -2.09. The zero-order valence-electron chi connectivity index (χ0n) is 19.9. The van der Waals surface area contributed by atoms with Gasteiger partial charge in [-0.2, -0.15) is 0 Å². The summed E-state index contributed by atoms with van der Waals surface area (Å²) < 4.78 is 7.95. The first-order valence-corrected chi connectivity index (χ1v) is 13.1. The summed E-state index contributed by atoms with van der Waals surface area (Å²) >= 11 is 13.0. The van der Waals surface area contributed by atoms with Crippen LogP contribution in [-0.2, 0) is 31.0 Å². The topological polar surface area (TPSA) is 115 Å². The van der Waals surface area contributed by atoms with E-state index in [0.29, 0.717) is 22.6 Å². The monoisotopic (exact) mass is 562 g/mol. The highest BCUT2D eigenvalue weighted by molar-refractivity contribution is 7.03. The standard InChI is InChI=1S/C25H24Cl2N4O5S/c1-2-3-10-31-24(34)30(25(35)37-31)13-16-6-4-15(5-7-16)12-28-23(33)36-14-17-8-9-18-19(26)11-20(27)22(32)21(18)29-17/h4-9,11,32H,2-3,10,12-14H2,1H3,(H,28,33). The minimum absolute atomic E-state index is 0.0818. The lowest BCUT2D eigenvalue weighted by Crippen LogP contribution is -2.29. The molecule has 0 bridgehead atoms. The molecule has 0 fully saturated rings. The number of unbranched alkanes of at least 4 members (excludes halogenated alkanes) is 1. The van der Waals surface area contributed by atoms with Gasteiger partial charge in [-0.05, 0) is 35.7 Å². The molecule has 9 nitrogen and oxygen atoms in total. The Hall–Kier alpha value is -3.34. The smallest absolute Gasteiger partial charge is 0.407 e. The SMILES string of the molecule is CCCCn1sc(=O)n(Cc2ccc(CNC(=O)OCc3ccc4c(Cl)cc(Cl)c(O)c4n3)cc2)c1=O. The predicted octanol–water partition coefficient (Wildman–Crippen LogP) is 4.91. The van der Waals surface area contributed by atoms with Gasteiger partial charge >= 0.3 is 16.7 Å². The van der Waals surface area contributed by atoms with Crippen LogP contribution in [0.3, 0.4) is 0 Å². The fourth-order valence-corrected chi connectivity index (χ4v) is 4.95. The number of pyridine rings is 1. The number of phenols is 1. The summed E-state index contributed by atoms with van der Waals surface area (Å²) in [5.74, 6) is -0.193. The summed E-state index contributed by atoms with van der Waals surface area (Å²) in [5, 5.41) is 13.8. The quantitative estimate of drug-likeness (QED) is 0.299. The molecule has 0 aliphatic heterocycles. The summed E-state index contributed by atoms with van der Waals surface area (Å²) in [6.45, 7) is 2.87. The molecule has 0 spiro atoms. The molecular weight excluding hydrogens is 539 g/mol. The third kappa shape index (κ3) is 6.33. The van der Waals surface area contributed by atoms with Gasteiger partial charge in [-0.1, -0.05) is 60.8 Å². The number of carbonyl (C=O) groups excluding carboxylic acids is 1. The molecule has 0 saturated heterocycles. The molecule has 4 aromatic rings. The van der Waals surface area contributed by atoms with Gasteiger partial charge in [0.1, 0.15) is 12.1 Å². The molecule has 0 unspecified atom stereocenters. The van der Waals surface area contributed by atoms with Crippen LogP contribution in [0.15, 0.2) is 52.1 Å². The van der Waals surface area contributed by atoms with Gasteiger partial charge in [0, 0.05) is 30.0 Å². The molecule has 0 aliphatic carbocycles. The summed E-state index contributed by atoms with van der Waals surface area (Å²) in [7, 11) is 0. The normalized spacial score (nSPS) is 11.1. The van der Waals surface area contributed by atoms with E-state index in [1.54, 1.807) is 12.1 Å². The number of alkyl carbamates (subject to hydrolysis) is 1. The minimum Gasteiger partial charge on any atom is -0.504 e. The Kier molecular flexibility index (Phi) is 8.52. The Morgan fingerprint density at radius 3 is 2.57 bits per heavy atom. The van der Waals surface area contributed by atoms with Crippen LogP contribution >= 0.6 is 34.7 Å². The second kappa shape index (κ2) is 11.8. The number of fused-ring (bicyclic) bond motifs is 1. The Labute approximate surface area is 226 Å². The van der Waals surface area contributed by atoms with Gasteiger partial charge in [-0.15, -0.1) is 0 Å². The van der Waals surface area contributed by atoms with E-state index in [-0.39, 0.29) is 46.5 Å². The van der Waals surface area contributed by atoms with Gasteiger partial charge in [0.2, 0.25) is 0 Å². The fourth-order valence-electron chi connectivity index (χ4n) is 3.60. The van der Waals surface area contributed by atoms with Crippen LogP contribution in [0.1, 0.15) is 36.6 Å². The van der Waals surface area contributed by atoms with Crippen molar-refractivity contribution in [1.29, 1.82) is 0 Å². The fraction of sp³-hybridized carbons (Fsp3) is 0.280. The number of nitrogens with one attached hydrogen (secondary N) is 1. The third-order valence-electron chi connectivity index (χ3n) is 5.63. The van der Waals surface area contributed by atoms with Crippen molar-refractivity contribution in [3.8, 4) is 5.75 Å². The highest BCUT2D eigenvalue weighted by atomic mass is 35.5. The molecule has 194 valence electrons. The number of carbonyl (C=O) groups is 1. The van der Waals surface area contributed by atoms with Crippen LogP contribution in [-0.4, -0.2) is 24.7 Å². The Bertz CT molecular complexity index is 1550. The number of nitrogens with zero attached hydrogens (tertiary/aromatic N) is 3. The van der Waals surface area contributed by atoms with Gasteiger partial charge in [-0.3, -0.25) is 4.79 Å². The number of aryl methyl sites for hydroxylation is 1. The minimum atomic E-state index is -0.642. The van der Waals surface area contributed by atoms with Crippen molar-refractivity contribution >= 4 is 51.7 Å². The van der Waals surface area contributed by atoms with Crippen molar-refractivity contribution in [2.24, 2.45) is 0 Å². The number of halogens is 2. The molecule has 2 heterocycles. The van der Waals surface area contributed by atoms with Crippen LogP contribution < -0.4 is 15.9 Å². The molecule has 0 saturated carbocycles. The van der Waals surface area contributed by atoms with E-state index < -0.39 is 6.09 Å². The van der Waals surface area contributed by atoms with Crippen molar-refractivity contribution in [3.63, 3.8) is 0 Å². The van der Waals surface area contributed by atoms with Gasteiger partial charge in [0.15, 0.2) is 5.75 Å². The number of aromatic nitrogens is 3. The van der Waals surface area contributed by atoms with Crippen molar-refractivity contribution in [2.75, 3.05) is 0 Å². The molecule has 2 aromatic carbocycles. The number of hydrogen-bond donors (Lipinski definition) is 2. The van der Waals surface area contributed by atoms with Gasteiger partial charge in [0.05, 0.1) is 22.3 Å². The molecular formula is C25H24Cl2N4O5S. The summed E-state index contributed by atoms with van der Waals surface area (Å²) in [6.07, 6.45) is 1.14. The molecule has 0 aliphatic rings. The summed E-state index contributed by atoms with van der Waals surface area (Å²) in [6, 6.07) is 12.0. The number of amides is 1. The van der Waals surface area contributed by atoms with E-state index in [9.17, 15) is 19.5 Å². The summed E-state index contributed by atoms with van der Waals surface area (Å²) in [4.78, 5) is 40.9. The van der Waals surface area contributed by atoms with E-state index in [4.69, 9.17) is 27.9 Å². The molecule has 1 amide bonds. The lowest BCUT2D eigenvalue weighted by molar-refractivity contribution is 0.138. The number of aromatic hydroxyl groups is 1. The van der Waals surface area contributed by atoms with E-state index >= 15 is 0 Å². The van der Waals surface area contributed by atoms with Crippen molar-refractivity contribution < 1.29 is 14.6 Å². The number of hydrogen-bond acceptors (Lipinski definition) is 7. The molecule has 2 N–H and O–H groups in total. The lowest BCUT2D eigenvalue weighted by atomic mass is 10.1. The molecule has 37 heavy (non-hydrogen) atoms. The second-order valence-electron chi connectivity index (χ2n) is 8.32. The maximum absolute atomic E-state index is 12.5. The number of ether oxygens (including phenoxy) is 1. The number of phenolic OH excluding ortho intramolecular Hbond substituents is 1. The third-order valence-corrected chi connectivity index (χ3v) is 7.17. The van der Waals surface area contributed by atoms with E-state index in [0.717, 1.165) is 35.5 Å². The molecule has 12 heteroatoms. The van der Waals surface area contributed by atoms with Gasteiger partial charge < -0.3 is 15.2 Å². The van der Waals surface area contributed by atoms with Crippen molar-refractivity contribution in [1.82, 2.24) is 18.8 Å². The van der Waals surface area contributed by atoms with E-state index in [2.05, 4.69) is 10.3 Å². The molecule has 0 atom stereocenters. The predicted molar refractivity (Wildman–Crippen MR) is 144 cm³/mol. The first kappa shape index (κ1) is 26.7.